The Morgan fingerprint density at radius 3 is 1.91 bits per heavy atom. The van der Waals surface area contributed by atoms with Gasteiger partial charge in [0.05, 0.1) is 0 Å². The van der Waals surface area contributed by atoms with Crippen molar-refractivity contribution in [2.75, 3.05) is 4.90 Å². The van der Waals surface area contributed by atoms with Crippen LogP contribution >= 0.6 is 11.3 Å². The number of rotatable bonds is 5. The van der Waals surface area contributed by atoms with E-state index in [0.717, 1.165) is 35.0 Å². The van der Waals surface area contributed by atoms with E-state index in [2.05, 4.69) is 169 Å². The Morgan fingerprint density at radius 1 is 0.453 bits per heavy atom. The molecule has 1 spiro atoms. The summed E-state index contributed by atoms with van der Waals surface area (Å²) in [6, 6.07) is 61.7. The van der Waals surface area contributed by atoms with Crippen molar-refractivity contribution in [3.05, 3.63) is 175 Å². The first-order valence-corrected chi connectivity index (χ1v) is 20.3. The molecule has 4 bridgehead atoms. The van der Waals surface area contributed by atoms with Crippen molar-refractivity contribution in [1.82, 2.24) is 0 Å². The maximum absolute atomic E-state index is 2.61. The largest absolute Gasteiger partial charge is 0.310 e. The first-order chi connectivity index (χ1) is 26.2. The van der Waals surface area contributed by atoms with Gasteiger partial charge in [0.1, 0.15) is 0 Å². The molecule has 254 valence electrons. The summed E-state index contributed by atoms with van der Waals surface area (Å²) < 4.78 is 2.66. The minimum Gasteiger partial charge on any atom is -0.310 e. The summed E-state index contributed by atoms with van der Waals surface area (Å²) in [5, 5.41) is 2.64. The van der Waals surface area contributed by atoms with Crippen LogP contribution in [-0.4, -0.2) is 0 Å². The molecule has 5 unspecified atom stereocenters. The lowest BCUT2D eigenvalue weighted by molar-refractivity contribution is 0.191. The molecule has 5 aliphatic carbocycles. The van der Waals surface area contributed by atoms with E-state index in [4.69, 9.17) is 0 Å². The smallest absolute Gasteiger partial charge is 0.0468 e. The van der Waals surface area contributed by atoms with Crippen molar-refractivity contribution in [2.24, 2.45) is 23.7 Å². The van der Waals surface area contributed by atoms with Gasteiger partial charge in [-0.15, -0.1) is 11.3 Å². The second-order valence-corrected chi connectivity index (χ2v) is 17.2. The van der Waals surface area contributed by atoms with E-state index in [1.165, 1.54) is 84.9 Å². The fraction of sp³-hybridized carbons (Fsp3) is 0.176. The summed E-state index contributed by atoms with van der Waals surface area (Å²) >= 11 is 1.87. The normalized spacial score (nSPS) is 23.2. The van der Waals surface area contributed by atoms with Crippen molar-refractivity contribution in [3.8, 4) is 33.4 Å². The van der Waals surface area contributed by atoms with Gasteiger partial charge in [0, 0.05) is 42.6 Å². The number of nitrogens with zero attached hydrogens (tertiary/aromatic N) is 1. The molecule has 1 heterocycles. The second-order valence-electron chi connectivity index (χ2n) is 16.1. The Bertz CT molecular complexity index is 2700. The highest BCUT2D eigenvalue weighted by molar-refractivity contribution is 7.25. The average Bonchev–Trinajstić information content (AvgIpc) is 3.90. The number of anilines is 3. The van der Waals surface area contributed by atoms with Crippen molar-refractivity contribution in [1.29, 1.82) is 0 Å². The highest BCUT2D eigenvalue weighted by atomic mass is 32.1. The van der Waals surface area contributed by atoms with Crippen molar-refractivity contribution >= 4 is 48.6 Å². The molecule has 0 amide bonds. The van der Waals surface area contributed by atoms with Crippen LogP contribution in [0.5, 0.6) is 0 Å². The maximum Gasteiger partial charge on any atom is 0.0468 e. The standard InChI is InChI=1S/C51H39NS/c1-2-8-33(9-3-1)34-14-19-39(20-15-34)52(41-23-25-50-45(31-41)44-11-5-7-13-49(44)53-50)40-21-16-35(17-22-40)36-18-24-43-42-10-4-6-12-46(42)51(48(43)30-36)38-27-32-26-37(29-38)47(51)28-32/h1-25,30-32,37-38,47H,26-29H2. The van der Waals surface area contributed by atoms with Gasteiger partial charge in [0.15, 0.2) is 0 Å². The summed E-state index contributed by atoms with van der Waals surface area (Å²) in [4.78, 5) is 2.42. The zero-order chi connectivity index (χ0) is 34.7. The van der Waals surface area contributed by atoms with Crippen LogP contribution in [0.4, 0.5) is 17.1 Å². The average molecular weight is 698 g/mol. The number of benzene rings is 7. The van der Waals surface area contributed by atoms with Gasteiger partial charge in [-0.05, 0) is 148 Å². The minimum atomic E-state index is 0.201. The summed E-state index contributed by atoms with van der Waals surface area (Å²) in [6.07, 6.45) is 5.71. The highest BCUT2D eigenvalue weighted by Gasteiger charge is 2.65. The molecule has 7 aromatic carbocycles. The predicted molar refractivity (Wildman–Crippen MR) is 224 cm³/mol. The number of thiophene rings is 1. The van der Waals surface area contributed by atoms with Gasteiger partial charge in [-0.2, -0.15) is 0 Å². The van der Waals surface area contributed by atoms with E-state index < -0.39 is 0 Å². The fourth-order valence-corrected chi connectivity index (χ4v) is 12.8. The lowest BCUT2D eigenvalue weighted by Gasteiger charge is -2.44. The van der Waals surface area contributed by atoms with Crippen molar-refractivity contribution in [2.45, 2.75) is 31.1 Å². The maximum atomic E-state index is 2.61. The molecule has 4 fully saturated rings. The van der Waals surface area contributed by atoms with Crippen LogP contribution in [0.3, 0.4) is 0 Å². The molecule has 0 radical (unpaired) electrons. The van der Waals surface area contributed by atoms with Crippen molar-refractivity contribution in [3.63, 3.8) is 0 Å². The van der Waals surface area contributed by atoms with Gasteiger partial charge in [0.2, 0.25) is 0 Å². The van der Waals surface area contributed by atoms with Crippen LogP contribution < -0.4 is 4.90 Å². The van der Waals surface area contributed by atoms with Gasteiger partial charge >= 0.3 is 0 Å². The number of hydrogen-bond donors (Lipinski definition) is 0. The zero-order valence-corrected chi connectivity index (χ0v) is 30.4. The van der Waals surface area contributed by atoms with E-state index in [-0.39, 0.29) is 5.41 Å². The SMILES string of the molecule is c1ccc(-c2ccc(N(c3ccc(-c4ccc5c(c4)C4(c6ccccc6-5)C5CC6CC(C5)C4C6)cc3)c3ccc4sc5ccccc5c4c3)cc2)cc1. The molecule has 2 heteroatoms. The van der Waals surface area contributed by atoms with Gasteiger partial charge in [-0.25, -0.2) is 0 Å². The van der Waals surface area contributed by atoms with Crippen LogP contribution in [-0.2, 0) is 5.41 Å². The molecule has 1 nitrogen and oxygen atoms in total. The Hall–Kier alpha value is -5.44. The monoisotopic (exact) mass is 697 g/mol. The molecule has 53 heavy (non-hydrogen) atoms. The van der Waals surface area contributed by atoms with E-state index >= 15 is 0 Å². The third-order valence-electron chi connectivity index (χ3n) is 13.7. The quantitative estimate of drug-likeness (QED) is 0.173. The third kappa shape index (κ3) is 4.30. The third-order valence-corrected chi connectivity index (χ3v) is 14.8. The van der Waals surface area contributed by atoms with E-state index in [0.29, 0.717) is 0 Å². The Labute approximate surface area is 315 Å². The number of fused-ring (bicyclic) bond motifs is 6. The Morgan fingerprint density at radius 2 is 1.09 bits per heavy atom. The Balaban J connectivity index is 0.960. The molecule has 13 rings (SSSR count). The van der Waals surface area contributed by atoms with Crippen molar-refractivity contribution < 1.29 is 0 Å². The second kappa shape index (κ2) is 11.3. The van der Waals surface area contributed by atoms with E-state index in [1.807, 2.05) is 11.3 Å². The van der Waals surface area contributed by atoms with Gasteiger partial charge in [-0.3, -0.25) is 0 Å². The Kier molecular flexibility index (Phi) is 6.40. The molecule has 0 saturated heterocycles. The molecular formula is C51H39NS. The first kappa shape index (κ1) is 30.1. The zero-order valence-electron chi connectivity index (χ0n) is 29.6. The van der Waals surface area contributed by atoms with E-state index in [1.54, 1.807) is 11.1 Å². The predicted octanol–water partition coefficient (Wildman–Crippen LogP) is 14.2. The summed E-state index contributed by atoms with van der Waals surface area (Å²) in [7, 11) is 0. The highest BCUT2D eigenvalue weighted by Crippen LogP contribution is 2.73. The number of hydrogen-bond acceptors (Lipinski definition) is 2. The lowest BCUT2D eigenvalue weighted by Crippen LogP contribution is -2.40. The summed E-state index contributed by atoms with van der Waals surface area (Å²) in [6.45, 7) is 0. The van der Waals surface area contributed by atoms with Gasteiger partial charge in [0.25, 0.3) is 0 Å². The van der Waals surface area contributed by atoms with Crippen LogP contribution in [0.2, 0.25) is 0 Å². The van der Waals surface area contributed by atoms with Crippen LogP contribution in [0.25, 0.3) is 53.6 Å². The van der Waals surface area contributed by atoms with Gasteiger partial charge < -0.3 is 4.90 Å². The van der Waals surface area contributed by atoms with E-state index in [9.17, 15) is 0 Å². The lowest BCUT2D eigenvalue weighted by atomic mass is 9.59. The fourth-order valence-electron chi connectivity index (χ4n) is 11.7. The summed E-state index contributed by atoms with van der Waals surface area (Å²) in [5.74, 6) is 3.44. The molecule has 0 N–H and O–H groups in total. The molecule has 5 atom stereocenters. The first-order valence-electron chi connectivity index (χ1n) is 19.4. The molecule has 4 saturated carbocycles. The van der Waals surface area contributed by atoms with Gasteiger partial charge in [-0.1, -0.05) is 109 Å². The molecule has 5 aliphatic rings. The molecule has 1 aromatic heterocycles. The van der Waals surface area contributed by atoms with Crippen LogP contribution in [0.15, 0.2) is 164 Å². The van der Waals surface area contributed by atoms with Crippen LogP contribution in [0.1, 0.15) is 36.8 Å². The molecule has 0 aliphatic heterocycles. The minimum absolute atomic E-state index is 0.201. The topological polar surface area (TPSA) is 3.24 Å². The summed E-state index contributed by atoms with van der Waals surface area (Å²) in [5.41, 5.74) is 15.0. The van der Waals surface area contributed by atoms with Crippen LogP contribution in [0, 0.1) is 23.7 Å². The molecule has 8 aromatic rings. The molecular weight excluding hydrogens is 659 g/mol.